The van der Waals surface area contributed by atoms with Crippen molar-refractivity contribution < 1.29 is 9.53 Å². The zero-order valence-corrected chi connectivity index (χ0v) is 14.3. The number of hydrogen-bond acceptors (Lipinski definition) is 4. The third-order valence-electron chi connectivity index (χ3n) is 7.04. The van der Waals surface area contributed by atoms with Crippen LogP contribution in [0.2, 0.25) is 0 Å². The maximum atomic E-state index is 12.9. The summed E-state index contributed by atoms with van der Waals surface area (Å²) in [5, 5.41) is 3.85. The molecular formula is C20H24N2O2. The fraction of sp³-hybridized carbons (Fsp3) is 0.550. The van der Waals surface area contributed by atoms with Gasteiger partial charge in [-0.2, -0.15) is 0 Å². The van der Waals surface area contributed by atoms with Crippen molar-refractivity contribution in [3.05, 3.63) is 41.5 Å². The van der Waals surface area contributed by atoms with E-state index in [1.165, 1.54) is 23.9 Å². The Morgan fingerprint density at radius 3 is 3.04 bits per heavy atom. The number of allylic oxidation sites excluding steroid dienone is 1. The van der Waals surface area contributed by atoms with E-state index in [0.29, 0.717) is 17.9 Å². The van der Waals surface area contributed by atoms with Gasteiger partial charge in [0.2, 0.25) is 0 Å². The maximum absolute atomic E-state index is 12.9. The van der Waals surface area contributed by atoms with Gasteiger partial charge in [0.15, 0.2) is 0 Å². The third kappa shape index (κ3) is 1.55. The van der Waals surface area contributed by atoms with Crippen molar-refractivity contribution in [2.75, 3.05) is 25.5 Å². The second-order valence-corrected chi connectivity index (χ2v) is 7.68. The highest BCUT2D eigenvalue weighted by atomic mass is 16.5. The molecule has 3 fully saturated rings. The van der Waals surface area contributed by atoms with Crippen LogP contribution in [0, 0.1) is 11.8 Å². The number of nitrogens with zero attached hydrogens (tertiary/aromatic N) is 1. The number of anilines is 1. The monoisotopic (exact) mass is 324 g/mol. The lowest BCUT2D eigenvalue weighted by Crippen LogP contribution is -2.62. The molecule has 1 aromatic rings. The Balaban J connectivity index is 1.71. The molecule has 5 unspecified atom stereocenters. The van der Waals surface area contributed by atoms with E-state index >= 15 is 0 Å². The first-order chi connectivity index (χ1) is 11.7. The number of rotatable bonds is 1. The van der Waals surface area contributed by atoms with Crippen molar-refractivity contribution in [2.45, 2.75) is 37.3 Å². The van der Waals surface area contributed by atoms with E-state index in [9.17, 15) is 4.79 Å². The minimum atomic E-state index is -0.204. The Bertz CT molecular complexity index is 743. The highest BCUT2D eigenvalue weighted by Crippen LogP contribution is 2.63. The lowest BCUT2D eigenvalue weighted by Gasteiger charge is -2.49. The molecule has 1 N–H and O–H groups in total. The summed E-state index contributed by atoms with van der Waals surface area (Å²) in [5.41, 5.74) is 3.81. The van der Waals surface area contributed by atoms with Gasteiger partial charge in [-0.15, -0.1) is 0 Å². The predicted molar refractivity (Wildman–Crippen MR) is 92.9 cm³/mol. The number of methoxy groups -OCH3 is 1. The zero-order chi connectivity index (χ0) is 16.5. The molecular weight excluding hydrogens is 300 g/mol. The smallest absolute Gasteiger partial charge is 0.311 e. The normalized spacial score (nSPS) is 40.8. The summed E-state index contributed by atoms with van der Waals surface area (Å²) in [4.78, 5) is 15.5. The molecule has 4 nitrogen and oxygen atoms in total. The molecule has 0 amide bonds. The molecule has 2 bridgehead atoms. The van der Waals surface area contributed by atoms with Gasteiger partial charge >= 0.3 is 5.97 Å². The Morgan fingerprint density at radius 2 is 2.25 bits per heavy atom. The van der Waals surface area contributed by atoms with Crippen LogP contribution < -0.4 is 5.32 Å². The average molecular weight is 324 g/mol. The third-order valence-corrected chi connectivity index (χ3v) is 7.04. The minimum Gasteiger partial charge on any atom is -0.469 e. The zero-order valence-electron chi connectivity index (χ0n) is 14.3. The van der Waals surface area contributed by atoms with Crippen molar-refractivity contribution in [3.63, 3.8) is 0 Å². The molecule has 126 valence electrons. The van der Waals surface area contributed by atoms with Crippen LogP contribution in [0.1, 0.15) is 31.2 Å². The first-order valence-corrected chi connectivity index (χ1v) is 9.04. The van der Waals surface area contributed by atoms with Crippen LogP contribution in [-0.2, 0) is 9.53 Å². The topological polar surface area (TPSA) is 41.6 Å². The number of hydrogen-bond donors (Lipinski definition) is 1. The fourth-order valence-electron chi connectivity index (χ4n) is 6.21. The van der Waals surface area contributed by atoms with Crippen LogP contribution in [0.5, 0.6) is 0 Å². The highest BCUT2D eigenvalue weighted by molar-refractivity contribution is 5.80. The quantitative estimate of drug-likeness (QED) is 0.637. The SMILES string of the molecule is CC=C1CN2CCC3c4ccccc4NC34C(C(=O)OC)C1CC24. The molecule has 2 saturated heterocycles. The molecule has 1 saturated carbocycles. The van der Waals surface area contributed by atoms with Gasteiger partial charge in [0, 0.05) is 24.2 Å². The van der Waals surface area contributed by atoms with E-state index in [-0.39, 0.29) is 17.4 Å². The molecule has 1 aliphatic carbocycles. The number of piperidine rings is 2. The molecule has 4 aliphatic rings. The fourth-order valence-corrected chi connectivity index (χ4v) is 6.21. The molecule has 1 aromatic carbocycles. The number of carbonyl (C=O) groups is 1. The number of fused-ring (bicyclic) bond motifs is 3. The lowest BCUT2D eigenvalue weighted by molar-refractivity contribution is -0.148. The van der Waals surface area contributed by atoms with Crippen LogP contribution >= 0.6 is 0 Å². The number of nitrogens with one attached hydrogen (secondary N) is 1. The first-order valence-electron chi connectivity index (χ1n) is 9.04. The van der Waals surface area contributed by atoms with Gasteiger partial charge in [-0.05, 0) is 43.9 Å². The minimum absolute atomic E-state index is 0.0455. The van der Waals surface area contributed by atoms with Crippen LogP contribution in [0.4, 0.5) is 5.69 Å². The predicted octanol–water partition coefficient (Wildman–Crippen LogP) is 2.78. The number of para-hydroxylation sites is 1. The number of benzene rings is 1. The van der Waals surface area contributed by atoms with Gasteiger partial charge in [-0.25, -0.2) is 0 Å². The molecule has 0 aromatic heterocycles. The first kappa shape index (κ1) is 14.5. The summed E-state index contributed by atoms with van der Waals surface area (Å²) in [5.74, 6) is 0.573. The molecule has 5 rings (SSSR count). The van der Waals surface area contributed by atoms with Gasteiger partial charge in [0.05, 0.1) is 18.6 Å². The Hall–Kier alpha value is -1.81. The second kappa shape index (κ2) is 4.85. The summed E-state index contributed by atoms with van der Waals surface area (Å²) in [7, 11) is 1.54. The number of ether oxygens (including phenoxy) is 1. The van der Waals surface area contributed by atoms with Crippen molar-refractivity contribution in [3.8, 4) is 0 Å². The molecule has 24 heavy (non-hydrogen) atoms. The standard InChI is InChI=1S/C20H24N2O2/c1-3-12-11-22-9-8-15-13-6-4-5-7-16(13)21-20(15)17(22)10-14(12)18(20)19(23)24-2/h3-7,14-15,17-18,21H,8-11H2,1-2H3. The van der Waals surface area contributed by atoms with Crippen molar-refractivity contribution >= 4 is 11.7 Å². The van der Waals surface area contributed by atoms with E-state index in [4.69, 9.17) is 4.74 Å². The summed E-state index contributed by atoms with van der Waals surface area (Å²) < 4.78 is 5.30. The van der Waals surface area contributed by atoms with Crippen molar-refractivity contribution in [1.82, 2.24) is 4.90 Å². The lowest BCUT2D eigenvalue weighted by atomic mass is 9.69. The van der Waals surface area contributed by atoms with E-state index < -0.39 is 0 Å². The van der Waals surface area contributed by atoms with E-state index in [0.717, 1.165) is 25.9 Å². The van der Waals surface area contributed by atoms with Gasteiger partial charge in [-0.3, -0.25) is 9.69 Å². The summed E-state index contributed by atoms with van der Waals surface area (Å²) in [6, 6.07) is 9.03. The van der Waals surface area contributed by atoms with Gasteiger partial charge in [0.1, 0.15) is 0 Å². The largest absolute Gasteiger partial charge is 0.469 e. The van der Waals surface area contributed by atoms with Crippen LogP contribution in [0.15, 0.2) is 35.9 Å². The molecule has 3 heterocycles. The average Bonchev–Trinajstić information content (AvgIpc) is 3.11. The van der Waals surface area contributed by atoms with Crippen LogP contribution in [0.25, 0.3) is 0 Å². The summed E-state index contributed by atoms with van der Waals surface area (Å²) in [6.07, 6.45) is 4.40. The second-order valence-electron chi connectivity index (χ2n) is 7.68. The molecule has 3 aliphatic heterocycles. The molecule has 1 spiro atoms. The number of carbonyl (C=O) groups excluding carboxylic acids is 1. The van der Waals surface area contributed by atoms with Gasteiger partial charge < -0.3 is 10.1 Å². The summed E-state index contributed by atoms with van der Waals surface area (Å²) in [6.45, 7) is 4.23. The maximum Gasteiger partial charge on any atom is 0.311 e. The van der Waals surface area contributed by atoms with Crippen molar-refractivity contribution in [1.29, 1.82) is 0 Å². The Labute approximate surface area is 142 Å². The Morgan fingerprint density at radius 1 is 1.42 bits per heavy atom. The number of esters is 1. The van der Waals surface area contributed by atoms with Crippen LogP contribution in [0.3, 0.4) is 0 Å². The van der Waals surface area contributed by atoms with E-state index in [1.807, 2.05) is 0 Å². The van der Waals surface area contributed by atoms with Gasteiger partial charge in [-0.1, -0.05) is 29.8 Å². The molecule has 0 radical (unpaired) electrons. The highest BCUT2D eigenvalue weighted by Gasteiger charge is 2.69. The molecule has 5 atom stereocenters. The van der Waals surface area contributed by atoms with E-state index in [1.54, 1.807) is 0 Å². The molecule has 4 heteroatoms. The van der Waals surface area contributed by atoms with Crippen molar-refractivity contribution in [2.24, 2.45) is 11.8 Å². The van der Waals surface area contributed by atoms with Crippen LogP contribution in [-0.4, -0.2) is 42.6 Å². The summed E-state index contributed by atoms with van der Waals surface area (Å²) >= 11 is 0. The van der Waals surface area contributed by atoms with E-state index in [2.05, 4.69) is 47.5 Å². The van der Waals surface area contributed by atoms with Gasteiger partial charge in [0.25, 0.3) is 0 Å². The Kier molecular flexibility index (Phi) is 2.94.